The van der Waals surface area contributed by atoms with E-state index < -0.39 is 15.7 Å². The molecule has 94 valence electrons. The van der Waals surface area contributed by atoms with E-state index in [9.17, 15) is 10.0 Å². The number of hydroxylamine groups is 3. The average Bonchev–Trinajstić information content (AvgIpc) is 1.95. The lowest BCUT2D eigenvalue weighted by Gasteiger charge is -2.59. The maximum Gasteiger partial charge on any atom is 0.333 e. The topological polar surface area (TPSA) is 52.2 Å². The van der Waals surface area contributed by atoms with Gasteiger partial charge in [-0.3, -0.25) is 9.96 Å². The number of quaternary nitrogens is 1. The first-order chi connectivity index (χ1) is 6.82. The molecule has 1 fully saturated rings. The lowest BCUT2D eigenvalue weighted by molar-refractivity contribution is -0.863. The maximum atomic E-state index is 12.9. The zero-order valence-corrected chi connectivity index (χ0v) is 11.5. The summed E-state index contributed by atoms with van der Waals surface area (Å²) in [5.41, 5.74) is -1.71. The van der Waals surface area contributed by atoms with Gasteiger partial charge in [-0.2, -0.15) is 0 Å². The van der Waals surface area contributed by atoms with E-state index in [0.717, 1.165) is 0 Å². The van der Waals surface area contributed by atoms with Crippen molar-refractivity contribution in [2.75, 3.05) is 6.54 Å². The number of nitrogens with zero attached hydrogens (tertiary/aromatic N) is 1. The van der Waals surface area contributed by atoms with Gasteiger partial charge in [-0.15, -0.1) is 0 Å². The molecule has 1 rings (SSSR count). The number of amides is 1. The van der Waals surface area contributed by atoms with Crippen LogP contribution in [0.3, 0.4) is 0 Å². The molecule has 1 saturated heterocycles. The summed E-state index contributed by atoms with van der Waals surface area (Å²) in [5, 5.41) is 16.1. The first kappa shape index (κ1) is 13.6. The predicted molar refractivity (Wildman–Crippen MR) is 64.5 cm³/mol. The lowest BCUT2D eigenvalue weighted by Crippen LogP contribution is -2.79. The molecule has 1 aliphatic rings. The second-order valence-corrected chi connectivity index (χ2v) is 7.01. The number of nitrogens with one attached hydrogen (secondary N) is 1. The molecule has 4 heteroatoms. The van der Waals surface area contributed by atoms with Gasteiger partial charge in [0.15, 0.2) is 0 Å². The van der Waals surface area contributed by atoms with Gasteiger partial charge in [0, 0.05) is 0 Å². The first-order valence-electron chi connectivity index (χ1n) is 5.75. The van der Waals surface area contributed by atoms with Gasteiger partial charge < -0.3 is 5.21 Å². The Labute approximate surface area is 98.2 Å². The molecule has 16 heavy (non-hydrogen) atoms. The highest BCUT2D eigenvalue weighted by atomic mass is 16.6. The van der Waals surface area contributed by atoms with E-state index in [0.29, 0.717) is 0 Å². The summed E-state index contributed by atoms with van der Waals surface area (Å²) in [6.07, 6.45) is 0. The van der Waals surface area contributed by atoms with Gasteiger partial charge >= 0.3 is 5.91 Å². The number of hydrogen-bond acceptors (Lipinski definition) is 3. The molecule has 1 atom stereocenters. The van der Waals surface area contributed by atoms with Crippen LogP contribution in [-0.4, -0.2) is 33.7 Å². The molecule has 1 aliphatic heterocycles. The largest absolute Gasteiger partial charge is 0.625 e. The Morgan fingerprint density at radius 2 is 1.69 bits per heavy atom. The molecule has 0 aromatic carbocycles. The number of carbonyl (C=O) groups excluding carboxylic acids is 1. The number of piperazine rings is 1. The van der Waals surface area contributed by atoms with Crippen molar-refractivity contribution in [3.63, 3.8) is 0 Å². The van der Waals surface area contributed by atoms with Crippen LogP contribution in [0.2, 0.25) is 0 Å². The third-order valence-electron chi connectivity index (χ3n) is 3.22. The van der Waals surface area contributed by atoms with Crippen molar-refractivity contribution in [3.05, 3.63) is 5.21 Å². The van der Waals surface area contributed by atoms with Crippen LogP contribution < -0.4 is 5.32 Å². The highest BCUT2D eigenvalue weighted by Gasteiger charge is 2.55. The molecule has 1 amide bonds. The normalized spacial score (nSPS) is 33.9. The van der Waals surface area contributed by atoms with Gasteiger partial charge in [0.05, 0.1) is 11.1 Å². The minimum absolute atomic E-state index is 0.277. The second-order valence-electron chi connectivity index (χ2n) is 7.01. The van der Waals surface area contributed by atoms with E-state index in [1.54, 1.807) is 13.8 Å². The summed E-state index contributed by atoms with van der Waals surface area (Å²) >= 11 is 0. The summed E-state index contributed by atoms with van der Waals surface area (Å²) in [6.45, 7) is 13.3. The molecule has 1 N–H and O–H groups in total. The van der Waals surface area contributed by atoms with Crippen molar-refractivity contribution in [1.29, 1.82) is 0 Å². The minimum atomic E-state index is -0.767. The van der Waals surface area contributed by atoms with Crippen molar-refractivity contribution in [2.24, 2.45) is 0 Å². The van der Waals surface area contributed by atoms with Crippen LogP contribution in [0.5, 0.6) is 0 Å². The van der Waals surface area contributed by atoms with Gasteiger partial charge in [-0.05, 0) is 48.5 Å². The van der Waals surface area contributed by atoms with E-state index in [1.165, 1.54) is 0 Å². The van der Waals surface area contributed by atoms with E-state index in [1.807, 2.05) is 34.6 Å². The van der Waals surface area contributed by atoms with Gasteiger partial charge in [-0.25, -0.2) is 4.79 Å². The molecule has 0 radical (unpaired) electrons. The summed E-state index contributed by atoms with van der Waals surface area (Å²) in [5.74, 6) is -0.278. The predicted octanol–water partition coefficient (Wildman–Crippen LogP) is 1.79. The van der Waals surface area contributed by atoms with Crippen molar-refractivity contribution >= 4 is 5.91 Å². The Hall–Kier alpha value is -0.450. The fourth-order valence-electron chi connectivity index (χ4n) is 2.56. The number of carbonyl (C=O) groups is 1. The summed E-state index contributed by atoms with van der Waals surface area (Å²) in [4.78, 5) is 12.3. The van der Waals surface area contributed by atoms with Crippen LogP contribution in [-0.2, 0) is 4.79 Å². The molecule has 1 heterocycles. The number of rotatable bonds is 0. The number of hydrogen-bond donors (Lipinski definition) is 1. The fourth-order valence-corrected chi connectivity index (χ4v) is 2.56. The third-order valence-corrected chi connectivity index (χ3v) is 3.22. The molecule has 0 spiro atoms. The van der Waals surface area contributed by atoms with Crippen LogP contribution in [0.25, 0.3) is 0 Å². The molecule has 4 nitrogen and oxygen atoms in total. The second kappa shape index (κ2) is 3.28. The highest BCUT2D eigenvalue weighted by Crippen LogP contribution is 2.35. The summed E-state index contributed by atoms with van der Waals surface area (Å²) < 4.78 is -0.764. The van der Waals surface area contributed by atoms with E-state index in [4.69, 9.17) is 0 Å². The Kier molecular flexibility index (Phi) is 2.79. The average molecular weight is 228 g/mol. The molecule has 1 unspecified atom stereocenters. The summed E-state index contributed by atoms with van der Waals surface area (Å²) in [6, 6.07) is 0. The van der Waals surface area contributed by atoms with Crippen molar-refractivity contribution in [2.45, 2.75) is 65.1 Å². The molecular formula is C12H24N2O2. The van der Waals surface area contributed by atoms with E-state index in [-0.39, 0.29) is 18.0 Å². The Morgan fingerprint density at radius 1 is 1.25 bits per heavy atom. The smallest absolute Gasteiger partial charge is 0.333 e. The molecule has 0 aromatic rings. The SMILES string of the molecule is CC1(C)C[N+]([O-])(C(C)(C)C)C(=O)C(C)(C)N1. The monoisotopic (exact) mass is 228 g/mol. The highest BCUT2D eigenvalue weighted by molar-refractivity contribution is 5.81. The zero-order chi connectivity index (χ0) is 13.0. The first-order valence-corrected chi connectivity index (χ1v) is 5.75. The maximum absolute atomic E-state index is 12.9. The van der Waals surface area contributed by atoms with Crippen LogP contribution in [0.4, 0.5) is 0 Å². The lowest BCUT2D eigenvalue weighted by atomic mass is 9.86. The van der Waals surface area contributed by atoms with E-state index in [2.05, 4.69) is 5.32 Å². The zero-order valence-electron chi connectivity index (χ0n) is 11.5. The van der Waals surface area contributed by atoms with Gasteiger partial charge in [0.25, 0.3) is 0 Å². The van der Waals surface area contributed by atoms with Gasteiger partial charge in [0.2, 0.25) is 0 Å². The standard InChI is InChI=1S/C12H24N2O2/c1-10(2,3)14(16)8-11(4,5)13-12(6,7)9(14)15/h13H,8H2,1-7H3. The van der Waals surface area contributed by atoms with Gasteiger partial charge in [0.1, 0.15) is 12.1 Å². The summed E-state index contributed by atoms with van der Waals surface area (Å²) in [7, 11) is 0. The molecule has 0 aromatic heterocycles. The third kappa shape index (κ3) is 2.01. The molecular weight excluding hydrogens is 204 g/mol. The molecule has 0 aliphatic carbocycles. The minimum Gasteiger partial charge on any atom is -0.625 e. The molecule has 0 bridgehead atoms. The van der Waals surface area contributed by atoms with Crippen LogP contribution in [0.1, 0.15) is 48.5 Å². The van der Waals surface area contributed by atoms with Crippen molar-refractivity contribution in [3.8, 4) is 0 Å². The Balaban J connectivity index is 3.25. The Bertz CT molecular complexity index is 315. The van der Waals surface area contributed by atoms with Crippen molar-refractivity contribution < 1.29 is 9.44 Å². The van der Waals surface area contributed by atoms with Crippen LogP contribution in [0, 0.1) is 5.21 Å². The molecule has 0 saturated carbocycles. The van der Waals surface area contributed by atoms with Gasteiger partial charge in [-0.1, -0.05) is 0 Å². The quantitative estimate of drug-likeness (QED) is 0.508. The van der Waals surface area contributed by atoms with Crippen LogP contribution >= 0.6 is 0 Å². The van der Waals surface area contributed by atoms with Crippen molar-refractivity contribution in [1.82, 2.24) is 5.32 Å². The van der Waals surface area contributed by atoms with Crippen LogP contribution in [0.15, 0.2) is 0 Å². The fraction of sp³-hybridized carbons (Fsp3) is 0.917. The Morgan fingerprint density at radius 3 is 2.06 bits per heavy atom. The van der Waals surface area contributed by atoms with E-state index >= 15 is 0 Å².